The van der Waals surface area contributed by atoms with Gasteiger partial charge in [-0.2, -0.15) is 0 Å². The maximum atomic E-state index is 11.9. The average Bonchev–Trinajstić information content (AvgIpc) is 3.17. The molecule has 0 aromatic heterocycles. The summed E-state index contributed by atoms with van der Waals surface area (Å²) in [5, 5.41) is 6.60. The predicted molar refractivity (Wildman–Crippen MR) is 79.7 cm³/mol. The summed E-state index contributed by atoms with van der Waals surface area (Å²) in [5.41, 5.74) is 1.88. The van der Waals surface area contributed by atoms with Crippen molar-refractivity contribution in [2.45, 2.75) is 37.8 Å². The number of hydrogen-bond acceptors (Lipinski definition) is 2. The van der Waals surface area contributed by atoms with Gasteiger partial charge in [0.2, 0.25) is 0 Å². The Balaban J connectivity index is 1.37. The first kappa shape index (κ1) is 12.0. The van der Waals surface area contributed by atoms with Crippen LogP contribution in [0, 0.1) is 11.8 Å². The van der Waals surface area contributed by atoms with Crippen LogP contribution in [0.4, 0.5) is 5.69 Å². The van der Waals surface area contributed by atoms with Crippen molar-refractivity contribution in [1.82, 2.24) is 5.32 Å². The summed E-state index contributed by atoms with van der Waals surface area (Å²) in [6, 6.07) is 8.87. The minimum Gasteiger partial charge on any atom is -0.382 e. The van der Waals surface area contributed by atoms with Crippen molar-refractivity contribution in [3.8, 4) is 0 Å². The molecule has 3 nitrogen and oxygen atoms in total. The van der Waals surface area contributed by atoms with Crippen molar-refractivity contribution < 1.29 is 4.79 Å². The molecule has 0 spiro atoms. The second-order valence-corrected chi connectivity index (χ2v) is 6.31. The van der Waals surface area contributed by atoms with E-state index in [0.717, 1.165) is 30.0 Å². The molecule has 104 valence electrons. The monoisotopic (exact) mass is 268 g/mol. The Labute approximate surface area is 119 Å². The topological polar surface area (TPSA) is 41.1 Å². The number of rotatable bonds is 4. The Bertz CT molecular complexity index is 545. The summed E-state index contributed by atoms with van der Waals surface area (Å²) in [7, 11) is 0. The first-order valence-corrected chi connectivity index (χ1v) is 7.64. The fourth-order valence-electron chi connectivity index (χ4n) is 3.31. The smallest absolute Gasteiger partial charge is 0.251 e. The van der Waals surface area contributed by atoms with Gasteiger partial charge < -0.3 is 10.6 Å². The van der Waals surface area contributed by atoms with Crippen LogP contribution in [0.2, 0.25) is 0 Å². The van der Waals surface area contributed by atoms with Crippen LogP contribution in [0.25, 0.3) is 0 Å². The third kappa shape index (κ3) is 2.21. The molecule has 2 fully saturated rings. The number of nitrogens with one attached hydrogen (secondary N) is 2. The number of carbonyl (C=O) groups is 1. The van der Waals surface area contributed by atoms with Gasteiger partial charge in [0.25, 0.3) is 5.91 Å². The van der Waals surface area contributed by atoms with Crippen LogP contribution in [-0.2, 0) is 0 Å². The number of carbonyl (C=O) groups excluding carboxylic acids is 1. The fraction of sp³-hybridized carbons (Fsp3) is 0.471. The molecule has 0 saturated heterocycles. The van der Waals surface area contributed by atoms with Gasteiger partial charge in [-0.1, -0.05) is 12.2 Å². The van der Waals surface area contributed by atoms with Gasteiger partial charge in [0.05, 0.1) is 0 Å². The summed E-state index contributed by atoms with van der Waals surface area (Å²) in [6.45, 7) is 0. The molecule has 0 heterocycles. The summed E-state index contributed by atoms with van der Waals surface area (Å²) < 4.78 is 0. The molecular weight excluding hydrogens is 248 g/mol. The largest absolute Gasteiger partial charge is 0.382 e. The first-order chi connectivity index (χ1) is 9.79. The van der Waals surface area contributed by atoms with Gasteiger partial charge in [-0.3, -0.25) is 4.79 Å². The number of hydrogen-bond donors (Lipinski definition) is 2. The maximum absolute atomic E-state index is 11.9. The lowest BCUT2D eigenvalue weighted by Gasteiger charge is -2.41. The lowest BCUT2D eigenvalue weighted by molar-refractivity contribution is 0.0951. The molecule has 2 saturated carbocycles. The van der Waals surface area contributed by atoms with E-state index in [-0.39, 0.29) is 5.91 Å². The quantitative estimate of drug-likeness (QED) is 0.824. The highest BCUT2D eigenvalue weighted by Gasteiger charge is 2.40. The van der Waals surface area contributed by atoms with E-state index in [0.29, 0.717) is 18.0 Å². The van der Waals surface area contributed by atoms with E-state index in [2.05, 4.69) is 22.8 Å². The molecule has 4 rings (SSSR count). The summed E-state index contributed by atoms with van der Waals surface area (Å²) >= 11 is 0. The standard InChI is InChI=1S/C17H20N2O/c20-17(19-14-8-9-14)11-4-6-13(7-5-11)18-16-10-12-2-1-3-15(12)16/h1,3-7,12,14-16,18H,2,8-10H2,(H,19,20). The molecule has 1 aromatic rings. The molecule has 3 heteroatoms. The van der Waals surface area contributed by atoms with Gasteiger partial charge in [-0.25, -0.2) is 0 Å². The second-order valence-electron chi connectivity index (χ2n) is 6.31. The van der Waals surface area contributed by atoms with E-state index in [1.807, 2.05) is 24.3 Å². The number of allylic oxidation sites excluding steroid dienone is 1. The number of anilines is 1. The van der Waals surface area contributed by atoms with Crippen molar-refractivity contribution >= 4 is 11.6 Å². The Morgan fingerprint density at radius 1 is 1.15 bits per heavy atom. The maximum Gasteiger partial charge on any atom is 0.251 e. The third-order valence-electron chi connectivity index (χ3n) is 4.77. The molecule has 1 aromatic carbocycles. The normalized spacial score (nSPS) is 30.5. The Kier molecular flexibility index (Phi) is 2.79. The second kappa shape index (κ2) is 4.65. The minimum atomic E-state index is 0.0569. The van der Waals surface area contributed by atoms with E-state index in [4.69, 9.17) is 0 Å². The molecule has 0 aliphatic heterocycles. The fourth-order valence-corrected chi connectivity index (χ4v) is 3.31. The van der Waals surface area contributed by atoms with E-state index < -0.39 is 0 Å². The van der Waals surface area contributed by atoms with Gasteiger partial charge in [0.15, 0.2) is 0 Å². The van der Waals surface area contributed by atoms with Crippen LogP contribution < -0.4 is 10.6 Å². The van der Waals surface area contributed by atoms with E-state index in [9.17, 15) is 4.79 Å². The van der Waals surface area contributed by atoms with Crippen molar-refractivity contribution in [1.29, 1.82) is 0 Å². The zero-order chi connectivity index (χ0) is 13.5. The molecule has 0 radical (unpaired) electrons. The van der Waals surface area contributed by atoms with E-state index in [1.165, 1.54) is 12.8 Å². The predicted octanol–water partition coefficient (Wildman–Crippen LogP) is 2.96. The Hall–Kier alpha value is -1.77. The van der Waals surface area contributed by atoms with Crippen LogP contribution in [0.15, 0.2) is 36.4 Å². The summed E-state index contributed by atoms with van der Waals surface area (Å²) in [5.74, 6) is 1.64. The van der Waals surface area contributed by atoms with Crippen LogP contribution in [0.5, 0.6) is 0 Å². The van der Waals surface area contributed by atoms with Crippen molar-refractivity contribution in [3.05, 3.63) is 42.0 Å². The van der Waals surface area contributed by atoms with Crippen LogP contribution >= 0.6 is 0 Å². The lowest BCUT2D eigenvalue weighted by atomic mass is 9.71. The molecular formula is C17H20N2O. The van der Waals surface area contributed by atoms with Gasteiger partial charge in [-0.05, 0) is 55.9 Å². The van der Waals surface area contributed by atoms with Crippen LogP contribution in [0.1, 0.15) is 36.0 Å². The molecule has 3 atom stereocenters. The molecule has 0 bridgehead atoms. The van der Waals surface area contributed by atoms with Gasteiger partial charge in [0, 0.05) is 29.3 Å². The van der Waals surface area contributed by atoms with Crippen molar-refractivity contribution in [3.63, 3.8) is 0 Å². The first-order valence-electron chi connectivity index (χ1n) is 7.64. The lowest BCUT2D eigenvalue weighted by Crippen LogP contribution is -2.43. The number of benzene rings is 1. The molecule has 2 N–H and O–H groups in total. The van der Waals surface area contributed by atoms with Crippen molar-refractivity contribution in [2.24, 2.45) is 11.8 Å². The Morgan fingerprint density at radius 2 is 1.95 bits per heavy atom. The number of fused-ring (bicyclic) bond motifs is 1. The zero-order valence-electron chi connectivity index (χ0n) is 11.5. The highest BCUT2D eigenvalue weighted by atomic mass is 16.1. The molecule has 3 unspecified atom stereocenters. The van der Waals surface area contributed by atoms with Gasteiger partial charge in [-0.15, -0.1) is 0 Å². The molecule has 20 heavy (non-hydrogen) atoms. The zero-order valence-corrected chi connectivity index (χ0v) is 11.5. The molecule has 1 amide bonds. The highest BCUT2D eigenvalue weighted by Crippen LogP contribution is 2.44. The van der Waals surface area contributed by atoms with E-state index >= 15 is 0 Å². The van der Waals surface area contributed by atoms with Gasteiger partial charge >= 0.3 is 0 Å². The Morgan fingerprint density at radius 3 is 2.65 bits per heavy atom. The number of amides is 1. The SMILES string of the molecule is O=C(NC1CC1)c1ccc(NC2CC3CC=CC32)cc1. The van der Waals surface area contributed by atoms with Gasteiger partial charge in [0.1, 0.15) is 0 Å². The van der Waals surface area contributed by atoms with Crippen LogP contribution in [-0.4, -0.2) is 18.0 Å². The summed E-state index contributed by atoms with van der Waals surface area (Å²) in [6.07, 6.45) is 9.43. The summed E-state index contributed by atoms with van der Waals surface area (Å²) in [4.78, 5) is 11.9. The minimum absolute atomic E-state index is 0.0569. The van der Waals surface area contributed by atoms with Crippen LogP contribution in [0.3, 0.4) is 0 Å². The molecule has 3 aliphatic carbocycles. The average molecular weight is 268 g/mol. The third-order valence-corrected chi connectivity index (χ3v) is 4.77. The van der Waals surface area contributed by atoms with Crippen molar-refractivity contribution in [2.75, 3.05) is 5.32 Å². The molecule has 3 aliphatic rings. The highest BCUT2D eigenvalue weighted by molar-refractivity contribution is 5.94. The van der Waals surface area contributed by atoms with E-state index in [1.54, 1.807) is 0 Å².